The van der Waals surface area contributed by atoms with Crippen LogP contribution in [0.3, 0.4) is 0 Å². The molecule has 2 aromatic carbocycles. The predicted octanol–water partition coefficient (Wildman–Crippen LogP) is 4.68. The number of para-hydroxylation sites is 1. The van der Waals surface area contributed by atoms with Crippen molar-refractivity contribution in [3.63, 3.8) is 0 Å². The topological polar surface area (TPSA) is 41.5 Å². The van der Waals surface area contributed by atoms with Crippen molar-refractivity contribution in [3.05, 3.63) is 58.6 Å². The molecular formula is C17H18ClNO2. The number of benzene rings is 2. The van der Waals surface area contributed by atoms with E-state index >= 15 is 0 Å². The summed E-state index contributed by atoms with van der Waals surface area (Å²) in [6.07, 6.45) is 0.811. The van der Waals surface area contributed by atoms with E-state index in [0.717, 1.165) is 28.3 Å². The number of aromatic hydroxyl groups is 1. The van der Waals surface area contributed by atoms with Gasteiger partial charge in [-0.25, -0.2) is 0 Å². The van der Waals surface area contributed by atoms with E-state index in [0.29, 0.717) is 6.61 Å². The highest BCUT2D eigenvalue weighted by atomic mass is 35.5. The molecule has 0 unspecified atom stereocenters. The molecule has 2 aromatic rings. The molecule has 1 aliphatic rings. The molecule has 110 valence electrons. The van der Waals surface area contributed by atoms with Crippen molar-refractivity contribution in [2.24, 2.45) is 0 Å². The van der Waals surface area contributed by atoms with Crippen LogP contribution >= 0.6 is 11.6 Å². The normalized spacial score (nSPS) is 20.7. The number of phenolic OH excluding ortho intramolecular Hbond substituents is 1. The molecule has 0 saturated carbocycles. The Bertz CT molecular complexity index is 627. The Kier molecular flexibility index (Phi) is 4.04. The van der Waals surface area contributed by atoms with E-state index in [1.807, 2.05) is 43.3 Å². The fraction of sp³-hybridized carbons (Fsp3) is 0.294. The van der Waals surface area contributed by atoms with Gasteiger partial charge in [-0.1, -0.05) is 35.9 Å². The molecule has 2 N–H and O–H groups in total. The molecule has 0 aromatic heterocycles. The van der Waals surface area contributed by atoms with Gasteiger partial charge in [-0.15, -0.1) is 0 Å². The largest absolute Gasteiger partial charge is 0.506 e. The SMILES string of the molecule is CCO[C@H]1C[C@@H](c2ccc(Cl)cc2)Nc2c(O)cccc21. The van der Waals surface area contributed by atoms with Crippen molar-refractivity contribution in [1.82, 2.24) is 0 Å². The number of anilines is 1. The van der Waals surface area contributed by atoms with E-state index in [1.54, 1.807) is 6.07 Å². The van der Waals surface area contributed by atoms with E-state index in [2.05, 4.69) is 5.32 Å². The van der Waals surface area contributed by atoms with Crippen LogP contribution in [0.2, 0.25) is 5.02 Å². The summed E-state index contributed by atoms with van der Waals surface area (Å²) in [4.78, 5) is 0. The number of phenols is 1. The number of ether oxygens (including phenoxy) is 1. The molecule has 0 spiro atoms. The predicted molar refractivity (Wildman–Crippen MR) is 84.9 cm³/mol. The molecule has 0 fully saturated rings. The number of halogens is 1. The Balaban J connectivity index is 1.96. The highest BCUT2D eigenvalue weighted by molar-refractivity contribution is 6.30. The maximum absolute atomic E-state index is 10.1. The molecule has 0 aliphatic carbocycles. The van der Waals surface area contributed by atoms with Gasteiger partial charge in [-0.2, -0.15) is 0 Å². The first-order valence-corrected chi connectivity index (χ1v) is 7.52. The molecule has 0 bridgehead atoms. The first kappa shape index (κ1) is 14.2. The number of rotatable bonds is 3. The zero-order valence-electron chi connectivity index (χ0n) is 11.8. The van der Waals surface area contributed by atoms with Crippen LogP contribution in [0, 0.1) is 0 Å². The van der Waals surface area contributed by atoms with Crippen LogP contribution in [0.1, 0.15) is 36.6 Å². The summed E-state index contributed by atoms with van der Waals surface area (Å²) in [5, 5.41) is 14.2. The van der Waals surface area contributed by atoms with Gasteiger partial charge in [-0.3, -0.25) is 0 Å². The van der Waals surface area contributed by atoms with Crippen LogP contribution in [0.15, 0.2) is 42.5 Å². The van der Waals surface area contributed by atoms with E-state index in [4.69, 9.17) is 16.3 Å². The molecule has 1 aliphatic heterocycles. The monoisotopic (exact) mass is 303 g/mol. The number of hydrogen-bond donors (Lipinski definition) is 2. The minimum atomic E-state index is -0.0148. The number of hydrogen-bond acceptors (Lipinski definition) is 3. The smallest absolute Gasteiger partial charge is 0.139 e. The second kappa shape index (κ2) is 5.96. The Morgan fingerprint density at radius 1 is 1.24 bits per heavy atom. The average Bonchev–Trinajstić information content (AvgIpc) is 2.49. The van der Waals surface area contributed by atoms with Gasteiger partial charge in [0.2, 0.25) is 0 Å². The van der Waals surface area contributed by atoms with Crippen LogP contribution in [-0.2, 0) is 4.74 Å². The molecule has 2 atom stereocenters. The molecule has 3 rings (SSSR count). The van der Waals surface area contributed by atoms with Gasteiger partial charge in [0.05, 0.1) is 17.8 Å². The zero-order chi connectivity index (χ0) is 14.8. The second-order valence-corrected chi connectivity index (χ2v) is 5.61. The molecule has 0 saturated heterocycles. The maximum atomic E-state index is 10.1. The molecule has 3 nitrogen and oxygen atoms in total. The Hall–Kier alpha value is -1.71. The van der Waals surface area contributed by atoms with Crippen molar-refractivity contribution < 1.29 is 9.84 Å². The molecule has 21 heavy (non-hydrogen) atoms. The minimum Gasteiger partial charge on any atom is -0.506 e. The summed E-state index contributed by atoms with van der Waals surface area (Å²) in [6.45, 7) is 2.63. The fourth-order valence-electron chi connectivity index (χ4n) is 2.83. The summed E-state index contributed by atoms with van der Waals surface area (Å²) >= 11 is 5.95. The maximum Gasteiger partial charge on any atom is 0.139 e. The zero-order valence-corrected chi connectivity index (χ0v) is 12.6. The summed E-state index contributed by atoms with van der Waals surface area (Å²) in [6, 6.07) is 13.4. The van der Waals surface area contributed by atoms with Crippen molar-refractivity contribution in [3.8, 4) is 5.75 Å². The minimum absolute atomic E-state index is 0.0148. The standard InChI is InChI=1S/C17H18ClNO2/c1-2-21-16-10-14(11-6-8-12(18)9-7-11)19-17-13(16)4-3-5-15(17)20/h3-9,14,16,19-20H,2,10H2,1H3/t14-,16-/m0/s1. The lowest BCUT2D eigenvalue weighted by Gasteiger charge is -2.33. The van der Waals surface area contributed by atoms with Crippen LogP contribution < -0.4 is 5.32 Å². The average molecular weight is 304 g/mol. The molecule has 1 heterocycles. The van der Waals surface area contributed by atoms with E-state index in [-0.39, 0.29) is 17.9 Å². The number of nitrogens with one attached hydrogen (secondary N) is 1. The Labute approximate surface area is 129 Å². The van der Waals surface area contributed by atoms with Crippen molar-refractivity contribution in [1.29, 1.82) is 0 Å². The highest BCUT2D eigenvalue weighted by Gasteiger charge is 2.29. The summed E-state index contributed by atoms with van der Waals surface area (Å²) < 4.78 is 5.86. The van der Waals surface area contributed by atoms with Crippen LogP contribution in [0.25, 0.3) is 0 Å². The summed E-state index contributed by atoms with van der Waals surface area (Å²) in [5.41, 5.74) is 2.92. The van der Waals surface area contributed by atoms with E-state index in [1.165, 1.54) is 0 Å². The second-order valence-electron chi connectivity index (χ2n) is 5.17. The molecule has 0 radical (unpaired) electrons. The van der Waals surface area contributed by atoms with Gasteiger partial charge in [0.1, 0.15) is 5.75 Å². The lowest BCUT2D eigenvalue weighted by molar-refractivity contribution is 0.0497. The first-order chi connectivity index (χ1) is 10.2. The van der Waals surface area contributed by atoms with E-state index < -0.39 is 0 Å². The van der Waals surface area contributed by atoms with Gasteiger partial charge in [0, 0.05) is 23.6 Å². The molecule has 0 amide bonds. The third kappa shape index (κ3) is 2.85. The van der Waals surface area contributed by atoms with Crippen molar-refractivity contribution in [2.75, 3.05) is 11.9 Å². The third-order valence-electron chi connectivity index (χ3n) is 3.83. The van der Waals surface area contributed by atoms with Gasteiger partial charge in [0.25, 0.3) is 0 Å². The van der Waals surface area contributed by atoms with Crippen LogP contribution in [0.5, 0.6) is 5.75 Å². The van der Waals surface area contributed by atoms with Crippen molar-refractivity contribution >= 4 is 17.3 Å². The Morgan fingerprint density at radius 3 is 2.71 bits per heavy atom. The third-order valence-corrected chi connectivity index (χ3v) is 4.08. The lowest BCUT2D eigenvalue weighted by atomic mass is 9.90. The molecular weight excluding hydrogens is 286 g/mol. The van der Waals surface area contributed by atoms with Gasteiger partial charge in [-0.05, 0) is 30.7 Å². The quantitative estimate of drug-likeness (QED) is 0.809. The lowest BCUT2D eigenvalue weighted by Crippen LogP contribution is -2.23. The Morgan fingerprint density at radius 2 is 2.00 bits per heavy atom. The van der Waals surface area contributed by atoms with Gasteiger partial charge >= 0.3 is 0 Å². The van der Waals surface area contributed by atoms with Crippen molar-refractivity contribution in [2.45, 2.75) is 25.5 Å². The number of fused-ring (bicyclic) bond motifs is 1. The summed E-state index contributed by atoms with van der Waals surface area (Å²) in [7, 11) is 0. The first-order valence-electron chi connectivity index (χ1n) is 7.14. The van der Waals surface area contributed by atoms with Gasteiger partial charge in [0.15, 0.2) is 0 Å². The summed E-state index contributed by atoms with van der Waals surface area (Å²) in [5.74, 6) is 0.260. The van der Waals surface area contributed by atoms with Crippen LogP contribution in [-0.4, -0.2) is 11.7 Å². The molecule has 4 heteroatoms. The van der Waals surface area contributed by atoms with E-state index in [9.17, 15) is 5.11 Å². The van der Waals surface area contributed by atoms with Crippen LogP contribution in [0.4, 0.5) is 5.69 Å². The highest BCUT2D eigenvalue weighted by Crippen LogP contribution is 2.44. The van der Waals surface area contributed by atoms with Gasteiger partial charge < -0.3 is 15.2 Å². The fourth-order valence-corrected chi connectivity index (χ4v) is 2.96.